The molecule has 0 amide bonds. The highest BCUT2D eigenvalue weighted by Gasteiger charge is 2.25. The molecule has 2 aromatic carbocycles. The van der Waals surface area contributed by atoms with E-state index in [1.807, 2.05) is 20.2 Å². The van der Waals surface area contributed by atoms with Crippen LogP contribution in [0.3, 0.4) is 0 Å². The zero-order chi connectivity index (χ0) is 20.1. The zero-order valence-corrected chi connectivity index (χ0v) is 17.4. The van der Waals surface area contributed by atoms with Crippen LogP contribution >= 0.6 is 0 Å². The van der Waals surface area contributed by atoms with Crippen LogP contribution in [-0.4, -0.2) is 58.0 Å². The Labute approximate surface area is 168 Å². The zero-order valence-electron chi connectivity index (χ0n) is 17.4. The smallest absolute Gasteiger partial charge is 0.130 e. The summed E-state index contributed by atoms with van der Waals surface area (Å²) in [4.78, 5) is 4.60. The average molecular weight is 385 g/mol. The van der Waals surface area contributed by atoms with E-state index in [1.54, 1.807) is 20.3 Å². The minimum atomic E-state index is 0.0534. The molecule has 0 aromatic heterocycles. The van der Waals surface area contributed by atoms with Crippen LogP contribution in [0.1, 0.15) is 36.3 Å². The van der Waals surface area contributed by atoms with Crippen LogP contribution in [0.2, 0.25) is 0 Å². The molecule has 1 fully saturated rings. The van der Waals surface area contributed by atoms with E-state index in [1.165, 1.54) is 18.4 Å². The lowest BCUT2D eigenvalue weighted by Crippen LogP contribution is -2.22. The normalized spacial score (nSPS) is 15.4. The summed E-state index contributed by atoms with van der Waals surface area (Å²) < 4.78 is 11.0. The molecule has 2 aromatic rings. The van der Waals surface area contributed by atoms with E-state index in [0.29, 0.717) is 11.5 Å². The Bertz CT molecular complexity index is 768. The number of aromatic hydroxyl groups is 1. The van der Waals surface area contributed by atoms with Crippen molar-refractivity contribution in [1.29, 1.82) is 0 Å². The number of likely N-dealkylation sites (tertiary alicyclic amines) is 1. The van der Waals surface area contributed by atoms with E-state index in [9.17, 15) is 5.11 Å². The molecule has 0 bridgehead atoms. The monoisotopic (exact) mass is 384 g/mol. The predicted octanol–water partition coefficient (Wildman–Crippen LogP) is 4.09. The summed E-state index contributed by atoms with van der Waals surface area (Å²) in [5.41, 5.74) is 3.18. The van der Waals surface area contributed by atoms with Crippen molar-refractivity contribution in [2.45, 2.75) is 25.2 Å². The fourth-order valence-electron chi connectivity index (χ4n) is 4.02. The molecule has 1 heterocycles. The number of methoxy groups -OCH3 is 2. The Morgan fingerprint density at radius 1 is 1.04 bits per heavy atom. The van der Waals surface area contributed by atoms with Crippen LogP contribution in [0.4, 0.5) is 5.69 Å². The molecule has 1 N–H and O–H groups in total. The van der Waals surface area contributed by atoms with Crippen molar-refractivity contribution in [1.82, 2.24) is 4.90 Å². The summed E-state index contributed by atoms with van der Waals surface area (Å²) in [5.74, 6) is 1.54. The van der Waals surface area contributed by atoms with Gasteiger partial charge >= 0.3 is 0 Å². The lowest BCUT2D eigenvalue weighted by molar-refractivity contribution is 0.322. The van der Waals surface area contributed by atoms with Gasteiger partial charge in [0.25, 0.3) is 0 Å². The molecule has 152 valence electrons. The van der Waals surface area contributed by atoms with Gasteiger partial charge in [0, 0.05) is 43.4 Å². The van der Waals surface area contributed by atoms with Crippen molar-refractivity contribution in [2.75, 3.05) is 52.8 Å². The quantitative estimate of drug-likeness (QED) is 0.743. The van der Waals surface area contributed by atoms with Crippen molar-refractivity contribution in [3.63, 3.8) is 0 Å². The van der Waals surface area contributed by atoms with Crippen molar-refractivity contribution >= 4 is 5.69 Å². The van der Waals surface area contributed by atoms with Crippen LogP contribution in [0.5, 0.6) is 17.2 Å². The Hall–Kier alpha value is -2.40. The van der Waals surface area contributed by atoms with E-state index in [-0.39, 0.29) is 11.7 Å². The van der Waals surface area contributed by atoms with Crippen LogP contribution in [0.15, 0.2) is 36.4 Å². The summed E-state index contributed by atoms with van der Waals surface area (Å²) in [6.07, 6.45) is 3.48. The number of rotatable bonds is 8. The van der Waals surface area contributed by atoms with E-state index < -0.39 is 0 Å². The first-order valence-corrected chi connectivity index (χ1v) is 9.98. The Morgan fingerprint density at radius 3 is 2.29 bits per heavy atom. The van der Waals surface area contributed by atoms with Crippen molar-refractivity contribution < 1.29 is 14.6 Å². The molecule has 1 aliphatic heterocycles. The summed E-state index contributed by atoms with van der Waals surface area (Å²) in [6.45, 7) is 3.34. The minimum absolute atomic E-state index is 0.0534. The largest absolute Gasteiger partial charge is 0.507 e. The van der Waals surface area contributed by atoms with E-state index in [4.69, 9.17) is 9.47 Å². The fraction of sp³-hybridized carbons (Fsp3) is 0.478. The fourth-order valence-corrected chi connectivity index (χ4v) is 4.02. The van der Waals surface area contributed by atoms with Gasteiger partial charge in [-0.15, -0.1) is 0 Å². The predicted molar refractivity (Wildman–Crippen MR) is 114 cm³/mol. The summed E-state index contributed by atoms with van der Waals surface area (Å²) in [5, 5.41) is 10.8. The van der Waals surface area contributed by atoms with E-state index in [0.717, 1.165) is 37.3 Å². The van der Waals surface area contributed by atoms with Gasteiger partial charge in [0.1, 0.15) is 17.2 Å². The molecule has 5 heteroatoms. The molecule has 0 radical (unpaired) electrons. The van der Waals surface area contributed by atoms with Gasteiger partial charge in [0.2, 0.25) is 0 Å². The maximum absolute atomic E-state index is 10.8. The maximum atomic E-state index is 10.8. The molecule has 3 rings (SSSR count). The highest BCUT2D eigenvalue weighted by Crippen LogP contribution is 2.43. The van der Waals surface area contributed by atoms with Gasteiger partial charge < -0.3 is 24.4 Å². The molecule has 1 saturated heterocycles. The molecule has 5 nitrogen and oxygen atoms in total. The van der Waals surface area contributed by atoms with Gasteiger partial charge in [-0.3, -0.25) is 0 Å². The topological polar surface area (TPSA) is 45.2 Å². The lowest BCUT2D eigenvalue weighted by Gasteiger charge is -2.25. The van der Waals surface area contributed by atoms with Gasteiger partial charge in [0.05, 0.1) is 14.2 Å². The highest BCUT2D eigenvalue weighted by atomic mass is 16.5. The summed E-state index contributed by atoms with van der Waals surface area (Å²) in [7, 11) is 7.32. The van der Waals surface area contributed by atoms with Crippen molar-refractivity contribution in [3.8, 4) is 17.2 Å². The maximum Gasteiger partial charge on any atom is 0.130 e. The number of phenolic OH excluding ortho intramolecular Hbond substituents is 1. The molecule has 1 atom stereocenters. The first-order chi connectivity index (χ1) is 13.5. The Balaban J connectivity index is 1.97. The number of hydrogen-bond acceptors (Lipinski definition) is 5. The standard InChI is InChI=1S/C23H32N2O3/c1-24(2)18-9-7-17(8-10-18)20(11-14-25-12-5-6-13-25)23-21(26)15-19(27-3)16-22(23)28-4/h7-10,15-16,20,26H,5-6,11-14H2,1-4H3/t20-/m1/s1. The van der Waals surface area contributed by atoms with Gasteiger partial charge in [-0.25, -0.2) is 0 Å². The summed E-state index contributed by atoms with van der Waals surface area (Å²) >= 11 is 0. The van der Waals surface area contributed by atoms with Gasteiger partial charge in [-0.1, -0.05) is 12.1 Å². The molecular formula is C23H32N2O3. The third kappa shape index (κ3) is 4.53. The van der Waals surface area contributed by atoms with Crippen LogP contribution in [-0.2, 0) is 0 Å². The molecule has 28 heavy (non-hydrogen) atoms. The average Bonchev–Trinajstić information content (AvgIpc) is 3.22. The van der Waals surface area contributed by atoms with Gasteiger partial charge in [0.15, 0.2) is 0 Å². The SMILES string of the molecule is COc1cc(O)c([C@H](CCN2CCCC2)c2ccc(N(C)C)cc2)c(OC)c1. The Morgan fingerprint density at radius 2 is 1.71 bits per heavy atom. The van der Waals surface area contributed by atoms with E-state index >= 15 is 0 Å². The second-order valence-corrected chi connectivity index (χ2v) is 7.64. The first-order valence-electron chi connectivity index (χ1n) is 9.98. The minimum Gasteiger partial charge on any atom is -0.507 e. The second-order valence-electron chi connectivity index (χ2n) is 7.64. The molecule has 0 saturated carbocycles. The third-order valence-corrected chi connectivity index (χ3v) is 5.64. The first kappa shape index (κ1) is 20.3. The number of phenols is 1. The number of nitrogens with zero attached hydrogens (tertiary/aromatic N) is 2. The molecule has 0 unspecified atom stereocenters. The number of hydrogen-bond donors (Lipinski definition) is 1. The molecule has 0 aliphatic carbocycles. The highest BCUT2D eigenvalue weighted by molar-refractivity contribution is 5.56. The van der Waals surface area contributed by atoms with Crippen LogP contribution in [0.25, 0.3) is 0 Å². The molecule has 0 spiro atoms. The summed E-state index contributed by atoms with van der Waals surface area (Å²) in [6, 6.07) is 12.1. The number of ether oxygens (including phenoxy) is 2. The lowest BCUT2D eigenvalue weighted by atomic mass is 9.86. The van der Waals surface area contributed by atoms with Crippen molar-refractivity contribution in [3.05, 3.63) is 47.5 Å². The van der Waals surface area contributed by atoms with Crippen molar-refractivity contribution in [2.24, 2.45) is 0 Å². The van der Waals surface area contributed by atoms with Crippen LogP contribution in [0, 0.1) is 0 Å². The van der Waals surface area contributed by atoms with E-state index in [2.05, 4.69) is 34.1 Å². The van der Waals surface area contributed by atoms with Crippen LogP contribution < -0.4 is 14.4 Å². The van der Waals surface area contributed by atoms with Gasteiger partial charge in [-0.05, 0) is 56.6 Å². The van der Waals surface area contributed by atoms with Gasteiger partial charge in [-0.2, -0.15) is 0 Å². The number of anilines is 1. The molecule has 1 aliphatic rings. The third-order valence-electron chi connectivity index (χ3n) is 5.64. The Kier molecular flexibility index (Phi) is 6.68. The second kappa shape index (κ2) is 9.20. The number of benzene rings is 2. The molecular weight excluding hydrogens is 352 g/mol.